The molecule has 0 radical (unpaired) electrons. The summed E-state index contributed by atoms with van der Waals surface area (Å²) in [5, 5.41) is 0.741. The number of nitrogens with zero attached hydrogens (tertiary/aromatic N) is 5. The van der Waals surface area contributed by atoms with Gasteiger partial charge < -0.3 is 28.6 Å². The van der Waals surface area contributed by atoms with Crippen LogP contribution in [0.5, 0.6) is 5.88 Å². The van der Waals surface area contributed by atoms with Crippen LogP contribution in [0.2, 0.25) is 5.02 Å². The lowest BCUT2D eigenvalue weighted by molar-refractivity contribution is -0.109. The Labute approximate surface area is 246 Å². The molecule has 2 unspecified atom stereocenters. The summed E-state index contributed by atoms with van der Waals surface area (Å²) in [7, 11) is 2.07. The molecule has 12 heteroatoms. The molecule has 2 aliphatic rings. The first-order chi connectivity index (χ1) is 19.0. The van der Waals surface area contributed by atoms with Gasteiger partial charge in [0.2, 0.25) is 5.88 Å². The number of halogens is 3. The van der Waals surface area contributed by atoms with Crippen LogP contribution in [-0.4, -0.2) is 81.1 Å². The Morgan fingerprint density at radius 2 is 2.02 bits per heavy atom. The SMILES string of the molecule is CN1CCC[C@H]1COc1nc2c(F)c(Br)c(Cl)cc2c2c1ncn2C1CCN(C(=O)OC(C)(C)C)C(CC=O)C1. The maximum atomic E-state index is 15.5. The second kappa shape index (κ2) is 11.4. The quantitative estimate of drug-likeness (QED) is 0.237. The highest BCUT2D eigenvalue weighted by atomic mass is 79.9. The van der Waals surface area contributed by atoms with Crippen molar-refractivity contribution in [3.05, 3.63) is 27.7 Å². The summed E-state index contributed by atoms with van der Waals surface area (Å²) in [5.41, 5.74) is 0.671. The summed E-state index contributed by atoms with van der Waals surface area (Å²) in [6.45, 7) is 7.28. The van der Waals surface area contributed by atoms with Gasteiger partial charge in [0.15, 0.2) is 11.3 Å². The van der Waals surface area contributed by atoms with Crippen molar-refractivity contribution in [1.82, 2.24) is 24.3 Å². The number of imidazole rings is 1. The first kappa shape index (κ1) is 29.0. The Hall–Kier alpha value is -2.50. The molecular weight excluding hydrogens is 605 g/mol. The highest BCUT2D eigenvalue weighted by Crippen LogP contribution is 2.40. The van der Waals surface area contributed by atoms with Gasteiger partial charge in [-0.15, -0.1) is 0 Å². The molecular formula is C28H34BrClFN5O4. The molecule has 0 spiro atoms. The third-order valence-electron chi connectivity index (χ3n) is 7.76. The van der Waals surface area contributed by atoms with Crippen molar-refractivity contribution in [1.29, 1.82) is 0 Å². The number of aldehydes is 1. The largest absolute Gasteiger partial charge is 0.474 e. The number of piperidine rings is 1. The standard InChI is InChI=1S/C28H34BrClFN5O4/c1-28(2,3)40-27(38)35-10-7-16(12-17(35)8-11-37)36-15-32-24-25(36)19-13-20(30)21(29)22(31)23(19)33-26(24)39-14-18-6-5-9-34(18)4/h11,13,15-18H,5-10,12,14H2,1-4H3/t16?,17?,18-/m0/s1. The van der Waals surface area contributed by atoms with Crippen molar-refractivity contribution in [2.75, 3.05) is 26.7 Å². The number of carbonyl (C=O) groups is 2. The third kappa shape index (κ3) is 5.65. The number of ether oxygens (including phenoxy) is 2. The predicted octanol–water partition coefficient (Wildman–Crippen LogP) is 6.14. The molecule has 9 nitrogen and oxygen atoms in total. The molecule has 4 heterocycles. The molecule has 5 rings (SSSR count). The van der Waals surface area contributed by atoms with Crippen molar-refractivity contribution in [2.24, 2.45) is 0 Å². The molecule has 0 N–H and O–H groups in total. The van der Waals surface area contributed by atoms with Crippen LogP contribution in [-0.2, 0) is 9.53 Å². The van der Waals surface area contributed by atoms with Gasteiger partial charge in [-0.25, -0.2) is 19.2 Å². The minimum atomic E-state index is -0.645. The van der Waals surface area contributed by atoms with E-state index in [2.05, 4.69) is 37.8 Å². The second-order valence-corrected chi connectivity index (χ2v) is 12.8. The molecule has 216 valence electrons. The molecule has 3 aromatic rings. The molecule has 0 saturated carbocycles. The van der Waals surface area contributed by atoms with Gasteiger partial charge in [0, 0.05) is 36.5 Å². The van der Waals surface area contributed by atoms with Crippen LogP contribution >= 0.6 is 27.5 Å². The average Bonchev–Trinajstić information content (AvgIpc) is 3.52. The van der Waals surface area contributed by atoms with E-state index in [1.165, 1.54) is 0 Å². The van der Waals surface area contributed by atoms with Gasteiger partial charge >= 0.3 is 6.09 Å². The molecule has 2 aromatic heterocycles. The van der Waals surface area contributed by atoms with E-state index in [1.807, 2.05) is 25.3 Å². The van der Waals surface area contributed by atoms with Crippen LogP contribution < -0.4 is 4.74 Å². The predicted molar refractivity (Wildman–Crippen MR) is 155 cm³/mol. The highest BCUT2D eigenvalue weighted by molar-refractivity contribution is 9.10. The Morgan fingerprint density at radius 1 is 1.25 bits per heavy atom. The fourth-order valence-electron chi connectivity index (χ4n) is 5.73. The molecule has 0 aliphatic carbocycles. The van der Waals surface area contributed by atoms with E-state index in [1.54, 1.807) is 17.3 Å². The zero-order valence-corrected chi connectivity index (χ0v) is 25.5. The number of likely N-dealkylation sites (N-methyl/N-ethyl adjacent to an activating group) is 1. The van der Waals surface area contributed by atoms with E-state index < -0.39 is 17.5 Å². The summed E-state index contributed by atoms with van der Waals surface area (Å²) >= 11 is 9.64. The normalized spacial score (nSPS) is 22.3. The lowest BCUT2D eigenvalue weighted by Gasteiger charge is -2.39. The van der Waals surface area contributed by atoms with Crippen molar-refractivity contribution in [3.8, 4) is 5.88 Å². The number of amides is 1. The molecule has 2 aliphatic heterocycles. The van der Waals surface area contributed by atoms with Crippen molar-refractivity contribution < 1.29 is 23.5 Å². The average molecular weight is 639 g/mol. The number of rotatable bonds is 6. The zero-order valence-electron chi connectivity index (χ0n) is 23.1. The van der Waals surface area contributed by atoms with Crippen molar-refractivity contribution in [3.63, 3.8) is 0 Å². The van der Waals surface area contributed by atoms with Crippen LogP contribution in [0.25, 0.3) is 21.9 Å². The topological polar surface area (TPSA) is 89.8 Å². The van der Waals surface area contributed by atoms with E-state index >= 15 is 4.39 Å². The van der Waals surface area contributed by atoms with Crippen LogP contribution in [0.1, 0.15) is 58.9 Å². The van der Waals surface area contributed by atoms with E-state index in [9.17, 15) is 9.59 Å². The Balaban J connectivity index is 1.54. The van der Waals surface area contributed by atoms with Gasteiger partial charge in [0.25, 0.3) is 0 Å². The highest BCUT2D eigenvalue weighted by Gasteiger charge is 2.36. The number of hydrogen-bond acceptors (Lipinski definition) is 7. The first-order valence-corrected chi connectivity index (χ1v) is 14.8. The van der Waals surface area contributed by atoms with Gasteiger partial charge in [-0.3, -0.25) is 0 Å². The van der Waals surface area contributed by atoms with E-state index in [0.717, 1.165) is 25.7 Å². The summed E-state index contributed by atoms with van der Waals surface area (Å²) < 4.78 is 29.4. The van der Waals surface area contributed by atoms with E-state index in [0.29, 0.717) is 42.4 Å². The monoisotopic (exact) mass is 637 g/mol. The molecule has 1 aromatic carbocycles. The first-order valence-electron chi connectivity index (χ1n) is 13.6. The van der Waals surface area contributed by atoms with Gasteiger partial charge in [-0.05, 0) is 82.0 Å². The maximum Gasteiger partial charge on any atom is 0.410 e. The summed E-state index contributed by atoms with van der Waals surface area (Å²) in [4.78, 5) is 37.6. The number of likely N-dealkylation sites (tertiary alicyclic amines) is 2. The van der Waals surface area contributed by atoms with Crippen LogP contribution in [0.4, 0.5) is 9.18 Å². The molecule has 3 atom stereocenters. The summed E-state index contributed by atoms with van der Waals surface area (Å²) in [6.07, 6.45) is 5.50. The minimum absolute atomic E-state index is 0.112. The maximum absolute atomic E-state index is 15.5. The smallest absolute Gasteiger partial charge is 0.410 e. The number of pyridine rings is 1. The van der Waals surface area contributed by atoms with Gasteiger partial charge in [0.05, 0.1) is 21.3 Å². The van der Waals surface area contributed by atoms with Crippen LogP contribution in [0.3, 0.4) is 0 Å². The lowest BCUT2D eigenvalue weighted by Crippen LogP contribution is -2.48. The Morgan fingerprint density at radius 3 is 2.70 bits per heavy atom. The molecule has 2 fully saturated rings. The van der Waals surface area contributed by atoms with Gasteiger partial charge in [-0.1, -0.05) is 11.6 Å². The number of hydrogen-bond donors (Lipinski definition) is 0. The number of benzene rings is 1. The van der Waals surface area contributed by atoms with E-state index in [4.69, 9.17) is 21.1 Å². The molecule has 1 amide bonds. The van der Waals surface area contributed by atoms with Gasteiger partial charge in [0.1, 0.15) is 24.0 Å². The number of fused-ring (bicyclic) bond motifs is 3. The number of carbonyl (C=O) groups excluding carboxylic acids is 2. The van der Waals surface area contributed by atoms with Gasteiger partial charge in [-0.2, -0.15) is 0 Å². The summed E-state index contributed by atoms with van der Waals surface area (Å²) in [6, 6.07) is 1.47. The zero-order chi connectivity index (χ0) is 28.8. The fraction of sp³-hybridized carbons (Fsp3) is 0.571. The summed E-state index contributed by atoms with van der Waals surface area (Å²) in [5.74, 6) is -0.302. The minimum Gasteiger partial charge on any atom is -0.474 e. The van der Waals surface area contributed by atoms with E-state index in [-0.39, 0.29) is 45.4 Å². The molecule has 40 heavy (non-hydrogen) atoms. The van der Waals surface area contributed by atoms with Crippen molar-refractivity contribution >= 4 is 61.8 Å². The molecule has 0 bridgehead atoms. The van der Waals surface area contributed by atoms with Crippen molar-refractivity contribution in [2.45, 2.75) is 76.6 Å². The Kier molecular flexibility index (Phi) is 8.27. The number of aromatic nitrogens is 3. The Bertz CT molecular complexity index is 1440. The fourth-order valence-corrected chi connectivity index (χ4v) is 6.23. The lowest BCUT2D eigenvalue weighted by atomic mass is 9.95. The third-order valence-corrected chi connectivity index (χ3v) is 9.06. The molecule has 2 saturated heterocycles. The van der Waals surface area contributed by atoms with Crippen LogP contribution in [0.15, 0.2) is 16.9 Å². The second-order valence-electron chi connectivity index (χ2n) is 11.6. The van der Waals surface area contributed by atoms with Crippen LogP contribution in [0, 0.1) is 5.82 Å².